The molecule has 1 heterocycles. The molecule has 0 saturated heterocycles. The quantitative estimate of drug-likeness (QED) is 0.521. The summed E-state index contributed by atoms with van der Waals surface area (Å²) in [5, 5.41) is 4.11. The van der Waals surface area contributed by atoms with Gasteiger partial charge in [-0.15, -0.1) is 0 Å². The monoisotopic (exact) mass is 429 g/mol. The second-order valence-electron chi connectivity index (χ2n) is 8.44. The van der Waals surface area contributed by atoms with Crippen molar-refractivity contribution in [2.45, 2.75) is 52.5 Å². The summed E-state index contributed by atoms with van der Waals surface area (Å²) in [7, 11) is 2.06. The molecule has 32 heavy (non-hydrogen) atoms. The van der Waals surface area contributed by atoms with Gasteiger partial charge in [0.05, 0.1) is 11.2 Å². The highest BCUT2D eigenvalue weighted by atomic mass is 16.1. The third kappa shape index (κ3) is 4.20. The number of allylic oxidation sites excluding steroid dienone is 1. The van der Waals surface area contributed by atoms with E-state index in [-0.39, 0.29) is 11.5 Å². The van der Waals surface area contributed by atoms with E-state index in [4.69, 9.17) is 0 Å². The number of para-hydroxylation sites is 1. The highest BCUT2D eigenvalue weighted by Crippen LogP contribution is 2.43. The maximum atomic E-state index is 12.6. The second kappa shape index (κ2) is 9.03. The maximum Gasteiger partial charge on any atom is 0.251 e. The third-order valence-electron chi connectivity index (χ3n) is 6.12. The van der Waals surface area contributed by atoms with E-state index in [1.165, 1.54) is 12.5 Å². The lowest BCUT2D eigenvalue weighted by molar-refractivity contribution is -0.114. The summed E-state index contributed by atoms with van der Waals surface area (Å²) in [6.07, 6.45) is 5.34. The molecule has 2 aromatic carbocycles. The first-order chi connectivity index (χ1) is 15.4. The van der Waals surface area contributed by atoms with E-state index in [0.717, 1.165) is 52.8 Å². The molecule has 1 aliphatic rings. The Balaban J connectivity index is 1.83. The van der Waals surface area contributed by atoms with Gasteiger partial charge in [0.15, 0.2) is 0 Å². The van der Waals surface area contributed by atoms with Crippen LogP contribution in [0.5, 0.6) is 0 Å². The van der Waals surface area contributed by atoms with Crippen molar-refractivity contribution in [3.8, 4) is 0 Å². The predicted octanol–water partition coefficient (Wildman–Crippen LogP) is 5.74. The molecular weight excluding hydrogens is 398 g/mol. The fourth-order valence-corrected chi connectivity index (χ4v) is 4.43. The fourth-order valence-electron chi connectivity index (χ4n) is 4.43. The smallest absolute Gasteiger partial charge is 0.251 e. The van der Waals surface area contributed by atoms with Gasteiger partial charge >= 0.3 is 0 Å². The predicted molar refractivity (Wildman–Crippen MR) is 133 cm³/mol. The number of pyridine rings is 1. The minimum atomic E-state index is -0.0896. The Labute approximate surface area is 189 Å². The summed E-state index contributed by atoms with van der Waals surface area (Å²) in [5.41, 5.74) is 6.12. The number of aryl methyl sites for hydroxylation is 1. The molecule has 166 valence electrons. The van der Waals surface area contributed by atoms with Gasteiger partial charge in [-0.1, -0.05) is 31.2 Å². The van der Waals surface area contributed by atoms with Crippen molar-refractivity contribution >= 4 is 33.9 Å². The van der Waals surface area contributed by atoms with Gasteiger partial charge in [-0.05, 0) is 61.9 Å². The molecule has 1 amide bonds. The highest BCUT2D eigenvalue weighted by molar-refractivity contribution is 5.95. The van der Waals surface area contributed by atoms with E-state index in [2.05, 4.69) is 48.5 Å². The summed E-state index contributed by atoms with van der Waals surface area (Å²) in [6.45, 7) is 6.30. The number of amides is 1. The molecule has 1 saturated carbocycles. The van der Waals surface area contributed by atoms with Crippen molar-refractivity contribution in [3.05, 3.63) is 76.1 Å². The molecule has 1 N–H and O–H groups in total. The number of nitrogens with one attached hydrogen (secondary N) is 1. The molecular formula is C27H31N3O2. The van der Waals surface area contributed by atoms with Crippen LogP contribution in [-0.4, -0.2) is 17.5 Å². The van der Waals surface area contributed by atoms with Crippen molar-refractivity contribution in [1.29, 1.82) is 0 Å². The van der Waals surface area contributed by atoms with Crippen molar-refractivity contribution < 1.29 is 4.79 Å². The molecule has 1 fully saturated rings. The average molecular weight is 430 g/mol. The van der Waals surface area contributed by atoms with Crippen LogP contribution in [0, 0.1) is 0 Å². The van der Waals surface area contributed by atoms with Crippen LogP contribution in [0.25, 0.3) is 16.6 Å². The van der Waals surface area contributed by atoms with E-state index >= 15 is 0 Å². The van der Waals surface area contributed by atoms with E-state index in [1.54, 1.807) is 0 Å². The first-order valence-corrected chi connectivity index (χ1v) is 11.4. The molecule has 0 bridgehead atoms. The third-order valence-corrected chi connectivity index (χ3v) is 6.12. The maximum absolute atomic E-state index is 12.6. The highest BCUT2D eigenvalue weighted by Gasteiger charge is 2.27. The number of benzene rings is 2. The summed E-state index contributed by atoms with van der Waals surface area (Å²) in [6, 6.07) is 16.1. The van der Waals surface area contributed by atoms with Crippen LogP contribution in [0.15, 0.2) is 59.4 Å². The fraction of sp³-hybridized carbons (Fsp3) is 0.333. The molecule has 0 spiro atoms. The van der Waals surface area contributed by atoms with Gasteiger partial charge < -0.3 is 14.8 Å². The molecule has 0 unspecified atom stereocenters. The number of aromatic nitrogens is 1. The van der Waals surface area contributed by atoms with E-state index in [0.29, 0.717) is 12.5 Å². The van der Waals surface area contributed by atoms with Crippen LogP contribution in [0.3, 0.4) is 0 Å². The summed E-state index contributed by atoms with van der Waals surface area (Å²) >= 11 is 0. The standard InChI is InChI=1S/C27H31N3O2/c1-5-9-25(21-10-7-8-11-24(21)28-18(3)31)29(4)20-14-15-26-23(16-20)22(19-12-13-19)17-27(32)30(26)6-2/h7-11,14-17,19H,5-6,12-13H2,1-4H3,(H,28,31)/b25-9+. The molecule has 1 aliphatic carbocycles. The summed E-state index contributed by atoms with van der Waals surface area (Å²) < 4.78 is 1.85. The lowest BCUT2D eigenvalue weighted by Gasteiger charge is -2.26. The van der Waals surface area contributed by atoms with Gasteiger partial charge in [0.1, 0.15) is 0 Å². The zero-order valence-corrected chi connectivity index (χ0v) is 19.3. The number of hydrogen-bond donors (Lipinski definition) is 1. The molecule has 0 radical (unpaired) electrons. The lowest BCUT2D eigenvalue weighted by Crippen LogP contribution is -2.21. The first kappa shape index (κ1) is 21.9. The van der Waals surface area contributed by atoms with Gasteiger partial charge in [0, 0.05) is 48.9 Å². The first-order valence-electron chi connectivity index (χ1n) is 11.4. The van der Waals surface area contributed by atoms with Gasteiger partial charge in [-0.3, -0.25) is 9.59 Å². The molecule has 4 rings (SSSR count). The van der Waals surface area contributed by atoms with E-state index in [9.17, 15) is 9.59 Å². The number of nitrogens with zero attached hydrogens (tertiary/aromatic N) is 2. The number of fused-ring (bicyclic) bond motifs is 1. The minimum Gasteiger partial charge on any atom is -0.344 e. The zero-order chi connectivity index (χ0) is 22.8. The molecule has 0 atom stereocenters. The average Bonchev–Trinajstić information content (AvgIpc) is 3.62. The number of carbonyl (C=O) groups is 1. The molecule has 5 nitrogen and oxygen atoms in total. The molecule has 1 aromatic heterocycles. The van der Waals surface area contributed by atoms with Gasteiger partial charge in [0.25, 0.3) is 5.56 Å². The number of carbonyl (C=O) groups excluding carboxylic acids is 1. The van der Waals surface area contributed by atoms with Crippen LogP contribution in [-0.2, 0) is 11.3 Å². The summed E-state index contributed by atoms with van der Waals surface area (Å²) in [5.74, 6) is 0.400. The Morgan fingerprint density at radius 2 is 1.91 bits per heavy atom. The summed E-state index contributed by atoms with van der Waals surface area (Å²) in [4.78, 5) is 26.6. The topological polar surface area (TPSA) is 54.3 Å². The van der Waals surface area contributed by atoms with Gasteiger partial charge in [-0.2, -0.15) is 0 Å². The number of rotatable bonds is 7. The second-order valence-corrected chi connectivity index (χ2v) is 8.44. The van der Waals surface area contributed by atoms with Crippen molar-refractivity contribution in [1.82, 2.24) is 4.57 Å². The van der Waals surface area contributed by atoms with Crippen molar-refractivity contribution in [2.75, 3.05) is 17.3 Å². The van der Waals surface area contributed by atoms with Crippen LogP contribution in [0.4, 0.5) is 11.4 Å². The van der Waals surface area contributed by atoms with Crippen LogP contribution < -0.4 is 15.8 Å². The number of anilines is 2. The van der Waals surface area contributed by atoms with Crippen molar-refractivity contribution in [2.24, 2.45) is 0 Å². The molecule has 0 aliphatic heterocycles. The SMILES string of the molecule is CC/C=C(\c1ccccc1NC(C)=O)N(C)c1ccc2c(c1)c(C1CC1)cc(=O)n2CC. The molecule has 3 aromatic rings. The minimum absolute atomic E-state index is 0.0822. The van der Waals surface area contributed by atoms with Crippen molar-refractivity contribution in [3.63, 3.8) is 0 Å². The largest absolute Gasteiger partial charge is 0.344 e. The van der Waals surface area contributed by atoms with E-state index in [1.807, 2.05) is 41.8 Å². The Bertz CT molecular complexity index is 1250. The Morgan fingerprint density at radius 3 is 2.56 bits per heavy atom. The van der Waals surface area contributed by atoms with E-state index < -0.39 is 0 Å². The Morgan fingerprint density at radius 1 is 1.16 bits per heavy atom. The van der Waals surface area contributed by atoms with Gasteiger partial charge in [-0.25, -0.2) is 0 Å². The van der Waals surface area contributed by atoms with Gasteiger partial charge in [0.2, 0.25) is 5.91 Å². The number of hydrogen-bond acceptors (Lipinski definition) is 3. The van der Waals surface area contributed by atoms with Crippen LogP contribution in [0.1, 0.15) is 57.1 Å². The Kier molecular flexibility index (Phi) is 6.17. The van der Waals surface area contributed by atoms with Crippen LogP contribution in [0.2, 0.25) is 0 Å². The lowest BCUT2D eigenvalue weighted by atomic mass is 10.0. The zero-order valence-electron chi connectivity index (χ0n) is 19.3. The normalized spacial score (nSPS) is 13.9. The Hall–Kier alpha value is -3.34. The van der Waals surface area contributed by atoms with Crippen LogP contribution >= 0.6 is 0 Å². The molecule has 5 heteroatoms.